The highest BCUT2D eigenvalue weighted by molar-refractivity contribution is 5.20. The van der Waals surface area contributed by atoms with Crippen LogP contribution in [0, 0.1) is 5.41 Å². The van der Waals surface area contributed by atoms with E-state index in [9.17, 15) is 0 Å². The summed E-state index contributed by atoms with van der Waals surface area (Å²) >= 11 is 0. The van der Waals surface area contributed by atoms with Crippen molar-refractivity contribution in [3.63, 3.8) is 0 Å². The first-order valence-electron chi connectivity index (χ1n) is 3.98. The summed E-state index contributed by atoms with van der Waals surface area (Å²) in [6.07, 6.45) is 8.17. The summed E-state index contributed by atoms with van der Waals surface area (Å²) in [6.45, 7) is 12.2. The fraction of sp³-hybridized carbons (Fsp3) is 0.455. The minimum absolute atomic E-state index is 0.170. The summed E-state index contributed by atoms with van der Waals surface area (Å²) < 4.78 is 0. The molecule has 0 bridgehead atoms. The molecular formula is C11H18. The highest BCUT2D eigenvalue weighted by atomic mass is 14.2. The van der Waals surface area contributed by atoms with Crippen LogP contribution in [-0.2, 0) is 0 Å². The first kappa shape index (κ1) is 10.2. The molecule has 0 aromatic carbocycles. The number of allylic oxidation sites excluding steroid dienone is 5. The van der Waals surface area contributed by atoms with Gasteiger partial charge in [-0.3, -0.25) is 0 Å². The molecule has 0 aromatic rings. The van der Waals surface area contributed by atoms with Crippen molar-refractivity contribution >= 4 is 0 Å². The van der Waals surface area contributed by atoms with E-state index in [0.717, 1.165) is 0 Å². The van der Waals surface area contributed by atoms with E-state index < -0.39 is 0 Å². The van der Waals surface area contributed by atoms with Crippen molar-refractivity contribution in [1.82, 2.24) is 0 Å². The zero-order chi connectivity index (χ0) is 8.91. The van der Waals surface area contributed by atoms with Gasteiger partial charge >= 0.3 is 0 Å². The molecule has 0 heterocycles. The second-order valence-electron chi connectivity index (χ2n) is 3.31. The number of hydrogen-bond donors (Lipinski definition) is 0. The molecule has 0 nitrogen and oxygen atoms in total. The van der Waals surface area contributed by atoms with Crippen LogP contribution in [0.15, 0.2) is 36.5 Å². The molecule has 0 aliphatic carbocycles. The molecule has 0 unspecified atom stereocenters. The van der Waals surface area contributed by atoms with Crippen LogP contribution in [0.5, 0.6) is 0 Å². The van der Waals surface area contributed by atoms with Crippen molar-refractivity contribution in [2.75, 3.05) is 0 Å². The summed E-state index contributed by atoms with van der Waals surface area (Å²) in [6, 6.07) is 0. The Balaban J connectivity index is 4.53. The van der Waals surface area contributed by atoms with Crippen LogP contribution in [0.2, 0.25) is 0 Å². The molecule has 0 fully saturated rings. The third kappa shape index (κ3) is 3.22. The minimum Gasteiger partial charge on any atom is -0.0991 e. The standard InChI is InChI=1S/C11H18/c1-6-8-10(3)11(4,5)9-7-2/h6-9H,1H2,2-5H3/b9-7+,10-8+. The zero-order valence-electron chi connectivity index (χ0n) is 8.02. The van der Waals surface area contributed by atoms with Gasteiger partial charge in [0.15, 0.2) is 0 Å². The Hall–Kier alpha value is -0.780. The lowest BCUT2D eigenvalue weighted by atomic mass is 9.84. The van der Waals surface area contributed by atoms with Crippen LogP contribution in [-0.4, -0.2) is 0 Å². The Morgan fingerprint density at radius 2 is 1.91 bits per heavy atom. The van der Waals surface area contributed by atoms with E-state index in [4.69, 9.17) is 0 Å². The Morgan fingerprint density at radius 1 is 1.36 bits per heavy atom. The van der Waals surface area contributed by atoms with E-state index in [1.54, 1.807) is 0 Å². The lowest BCUT2D eigenvalue weighted by Crippen LogP contribution is -2.08. The lowest BCUT2D eigenvalue weighted by Gasteiger charge is -2.20. The van der Waals surface area contributed by atoms with E-state index in [1.807, 2.05) is 13.0 Å². The van der Waals surface area contributed by atoms with Crippen LogP contribution >= 0.6 is 0 Å². The highest BCUT2D eigenvalue weighted by Crippen LogP contribution is 2.27. The van der Waals surface area contributed by atoms with Gasteiger partial charge in [0.25, 0.3) is 0 Å². The molecule has 0 atom stereocenters. The molecule has 0 aliphatic heterocycles. The molecule has 0 aliphatic rings. The van der Waals surface area contributed by atoms with Gasteiger partial charge in [0.05, 0.1) is 0 Å². The molecule has 0 saturated heterocycles. The SMILES string of the molecule is C=C/C=C(\C)C(C)(C)/C=C/C. The fourth-order valence-electron chi connectivity index (χ4n) is 0.940. The van der Waals surface area contributed by atoms with Crippen molar-refractivity contribution in [2.24, 2.45) is 5.41 Å². The Bertz CT molecular complexity index is 180. The largest absolute Gasteiger partial charge is 0.0991 e. The van der Waals surface area contributed by atoms with Gasteiger partial charge in [-0.15, -0.1) is 0 Å². The van der Waals surface area contributed by atoms with E-state index in [1.165, 1.54) is 5.57 Å². The van der Waals surface area contributed by atoms with Crippen molar-refractivity contribution < 1.29 is 0 Å². The topological polar surface area (TPSA) is 0 Å². The Labute approximate surface area is 70.3 Å². The van der Waals surface area contributed by atoms with Crippen LogP contribution in [0.1, 0.15) is 27.7 Å². The second kappa shape index (κ2) is 4.17. The van der Waals surface area contributed by atoms with Crippen LogP contribution in [0.25, 0.3) is 0 Å². The van der Waals surface area contributed by atoms with Gasteiger partial charge in [0.2, 0.25) is 0 Å². The monoisotopic (exact) mass is 150 g/mol. The molecule has 0 N–H and O–H groups in total. The smallest absolute Gasteiger partial charge is 0.00344 e. The quantitative estimate of drug-likeness (QED) is 0.425. The molecule has 0 heteroatoms. The summed E-state index contributed by atoms with van der Waals surface area (Å²) in [5.74, 6) is 0. The molecule has 0 amide bonds. The number of rotatable bonds is 3. The van der Waals surface area contributed by atoms with E-state index in [-0.39, 0.29) is 5.41 Å². The van der Waals surface area contributed by atoms with Gasteiger partial charge in [0.1, 0.15) is 0 Å². The maximum atomic E-state index is 3.67. The van der Waals surface area contributed by atoms with Gasteiger partial charge in [-0.25, -0.2) is 0 Å². The summed E-state index contributed by atoms with van der Waals surface area (Å²) in [4.78, 5) is 0. The average Bonchev–Trinajstić information content (AvgIpc) is 1.88. The maximum Gasteiger partial charge on any atom is 0.00344 e. The normalized spacial score (nSPS) is 14.0. The molecular weight excluding hydrogens is 132 g/mol. The zero-order valence-corrected chi connectivity index (χ0v) is 8.02. The molecule has 0 saturated carbocycles. The summed E-state index contributed by atoms with van der Waals surface area (Å²) in [5, 5.41) is 0. The second-order valence-corrected chi connectivity index (χ2v) is 3.31. The van der Waals surface area contributed by atoms with E-state index in [2.05, 4.69) is 45.6 Å². The third-order valence-electron chi connectivity index (χ3n) is 1.97. The van der Waals surface area contributed by atoms with Crippen LogP contribution in [0.4, 0.5) is 0 Å². The predicted octanol–water partition coefficient (Wildman–Crippen LogP) is 3.72. The van der Waals surface area contributed by atoms with Crippen molar-refractivity contribution in [3.8, 4) is 0 Å². The minimum atomic E-state index is 0.170. The average molecular weight is 150 g/mol. The van der Waals surface area contributed by atoms with Gasteiger partial charge in [-0.2, -0.15) is 0 Å². The first-order valence-corrected chi connectivity index (χ1v) is 3.98. The lowest BCUT2D eigenvalue weighted by molar-refractivity contribution is 0.579. The van der Waals surface area contributed by atoms with Gasteiger partial charge in [-0.1, -0.05) is 50.3 Å². The first-order chi connectivity index (χ1) is 5.04. The molecule has 11 heavy (non-hydrogen) atoms. The molecule has 0 radical (unpaired) electrons. The van der Waals surface area contributed by atoms with Gasteiger partial charge in [0, 0.05) is 5.41 Å². The van der Waals surface area contributed by atoms with E-state index >= 15 is 0 Å². The molecule has 0 aromatic heterocycles. The van der Waals surface area contributed by atoms with Crippen molar-refractivity contribution in [3.05, 3.63) is 36.5 Å². The molecule has 0 rings (SSSR count). The number of hydrogen-bond acceptors (Lipinski definition) is 0. The fourth-order valence-corrected chi connectivity index (χ4v) is 0.940. The molecule has 62 valence electrons. The van der Waals surface area contributed by atoms with E-state index in [0.29, 0.717) is 0 Å². The third-order valence-corrected chi connectivity index (χ3v) is 1.97. The summed E-state index contributed by atoms with van der Waals surface area (Å²) in [5.41, 5.74) is 1.51. The van der Waals surface area contributed by atoms with Gasteiger partial charge in [-0.05, 0) is 13.8 Å². The molecule has 0 spiro atoms. The summed E-state index contributed by atoms with van der Waals surface area (Å²) in [7, 11) is 0. The van der Waals surface area contributed by atoms with Crippen LogP contribution in [0.3, 0.4) is 0 Å². The predicted molar refractivity (Wildman–Crippen MR) is 52.5 cm³/mol. The Morgan fingerprint density at radius 3 is 2.27 bits per heavy atom. The van der Waals surface area contributed by atoms with Crippen molar-refractivity contribution in [1.29, 1.82) is 0 Å². The maximum absolute atomic E-state index is 3.67. The highest BCUT2D eigenvalue weighted by Gasteiger charge is 2.14. The van der Waals surface area contributed by atoms with Crippen molar-refractivity contribution in [2.45, 2.75) is 27.7 Å². The van der Waals surface area contributed by atoms with Crippen LogP contribution < -0.4 is 0 Å². The van der Waals surface area contributed by atoms with Gasteiger partial charge < -0.3 is 0 Å². The Kier molecular flexibility index (Phi) is 3.88.